The number of anilines is 2. The van der Waals surface area contributed by atoms with Crippen LogP contribution in [0.4, 0.5) is 11.5 Å². The topological polar surface area (TPSA) is 56.1 Å². The minimum Gasteiger partial charge on any atom is -0.481 e. The number of ether oxygens (including phenoxy) is 1. The predicted octanol–water partition coefficient (Wildman–Crippen LogP) is 5.24. The second-order valence-corrected chi connectivity index (χ2v) is 7.78. The highest BCUT2D eigenvalue weighted by Crippen LogP contribution is 2.41. The molecule has 1 aliphatic rings. The van der Waals surface area contributed by atoms with Crippen LogP contribution in [-0.2, 0) is 6.42 Å². The smallest absolute Gasteiger partial charge is 0.217 e. The maximum atomic E-state index is 6.68. The van der Waals surface area contributed by atoms with E-state index in [0.29, 0.717) is 11.9 Å². The summed E-state index contributed by atoms with van der Waals surface area (Å²) < 4.78 is 7.53. The van der Waals surface area contributed by atoms with Gasteiger partial charge in [-0.25, -0.2) is 4.68 Å². The van der Waals surface area contributed by atoms with E-state index in [9.17, 15) is 0 Å². The Morgan fingerprint density at radius 1 is 1.21 bits per heavy atom. The molecule has 28 heavy (non-hydrogen) atoms. The molecule has 0 radical (unpaired) electrons. The largest absolute Gasteiger partial charge is 0.481 e. The van der Waals surface area contributed by atoms with Gasteiger partial charge in [-0.05, 0) is 49.8 Å². The van der Waals surface area contributed by atoms with Gasteiger partial charge in [0.2, 0.25) is 5.88 Å². The Kier molecular flexibility index (Phi) is 5.15. The Morgan fingerprint density at radius 3 is 2.71 bits per heavy atom. The molecule has 0 saturated carbocycles. The summed E-state index contributed by atoms with van der Waals surface area (Å²) in [6, 6.07) is 6.45. The Bertz CT molecular complexity index is 1010. The van der Waals surface area contributed by atoms with Crippen LogP contribution in [0.1, 0.15) is 50.3 Å². The number of benzene rings is 1. The molecule has 0 saturated heterocycles. The van der Waals surface area contributed by atoms with Gasteiger partial charge in [0.05, 0.1) is 29.4 Å². The first-order valence-corrected chi connectivity index (χ1v) is 10.3. The van der Waals surface area contributed by atoms with E-state index in [-0.39, 0.29) is 0 Å². The summed E-state index contributed by atoms with van der Waals surface area (Å²) in [5.74, 6) is 1.32. The van der Waals surface area contributed by atoms with Crippen molar-refractivity contribution in [2.75, 3.05) is 18.6 Å². The molecule has 0 unspecified atom stereocenters. The van der Waals surface area contributed by atoms with E-state index < -0.39 is 0 Å². The van der Waals surface area contributed by atoms with E-state index in [0.717, 1.165) is 59.8 Å². The van der Waals surface area contributed by atoms with Gasteiger partial charge in [0.25, 0.3) is 0 Å². The molecule has 1 aromatic carbocycles. The fourth-order valence-electron chi connectivity index (χ4n) is 4.15. The van der Waals surface area contributed by atoms with E-state index in [1.54, 1.807) is 7.11 Å². The van der Waals surface area contributed by atoms with Crippen molar-refractivity contribution in [3.63, 3.8) is 0 Å². The number of methoxy groups -OCH3 is 1. The SMILES string of the molecule is CCC(CC)n1nnc2c(N3CCCc4cc(C)cc(Cl)c43)nc(OC)cc21. The van der Waals surface area contributed by atoms with Crippen LogP contribution in [0.3, 0.4) is 0 Å². The second kappa shape index (κ2) is 7.59. The molecule has 3 heterocycles. The second-order valence-electron chi connectivity index (χ2n) is 7.37. The molecule has 148 valence electrons. The highest BCUT2D eigenvalue weighted by atomic mass is 35.5. The molecule has 3 aromatic rings. The number of hydrogen-bond acceptors (Lipinski definition) is 5. The van der Waals surface area contributed by atoms with Crippen molar-refractivity contribution >= 4 is 34.1 Å². The van der Waals surface area contributed by atoms with E-state index >= 15 is 0 Å². The molecule has 6 nitrogen and oxygen atoms in total. The number of fused-ring (bicyclic) bond motifs is 2. The lowest BCUT2D eigenvalue weighted by atomic mass is 9.99. The number of pyridine rings is 1. The lowest BCUT2D eigenvalue weighted by Gasteiger charge is -2.31. The highest BCUT2D eigenvalue weighted by Gasteiger charge is 2.27. The Hall–Kier alpha value is -2.34. The molecule has 0 bridgehead atoms. The summed E-state index contributed by atoms with van der Waals surface area (Å²) in [6.45, 7) is 7.26. The molecular formula is C21H26ClN5O. The van der Waals surface area contributed by atoms with Gasteiger partial charge in [-0.2, -0.15) is 4.98 Å². The van der Waals surface area contributed by atoms with Crippen LogP contribution in [0.25, 0.3) is 11.0 Å². The third-order valence-electron chi connectivity index (χ3n) is 5.56. The predicted molar refractivity (Wildman–Crippen MR) is 113 cm³/mol. The maximum Gasteiger partial charge on any atom is 0.217 e. The average Bonchev–Trinajstić information content (AvgIpc) is 3.11. The van der Waals surface area contributed by atoms with Crippen LogP contribution >= 0.6 is 11.6 Å². The minimum atomic E-state index is 0.296. The van der Waals surface area contributed by atoms with Crippen LogP contribution < -0.4 is 9.64 Å². The first-order chi connectivity index (χ1) is 13.6. The van der Waals surface area contributed by atoms with Gasteiger partial charge in [0.15, 0.2) is 11.3 Å². The molecule has 1 aliphatic heterocycles. The fourth-order valence-corrected chi connectivity index (χ4v) is 4.54. The maximum absolute atomic E-state index is 6.68. The molecule has 0 fully saturated rings. The Balaban J connectivity index is 1.93. The van der Waals surface area contributed by atoms with Crippen LogP contribution in [0.2, 0.25) is 5.02 Å². The van der Waals surface area contributed by atoms with Gasteiger partial charge in [-0.15, -0.1) is 5.10 Å². The average molecular weight is 400 g/mol. The first-order valence-electron chi connectivity index (χ1n) is 9.93. The summed E-state index contributed by atoms with van der Waals surface area (Å²) in [6.07, 6.45) is 4.04. The number of nitrogens with zero attached hydrogens (tertiary/aromatic N) is 5. The molecule has 0 amide bonds. The summed E-state index contributed by atoms with van der Waals surface area (Å²) in [7, 11) is 1.64. The standard InChI is InChI=1S/C21H26ClN5O/c1-5-15(6-2)27-17-12-18(28-4)23-21(19(17)24-25-27)26-9-7-8-14-10-13(3)11-16(22)20(14)26/h10-12,15H,5-9H2,1-4H3. The van der Waals surface area contributed by atoms with Crippen molar-refractivity contribution in [3.05, 3.63) is 34.3 Å². The third-order valence-corrected chi connectivity index (χ3v) is 5.84. The van der Waals surface area contributed by atoms with Gasteiger partial charge >= 0.3 is 0 Å². The quantitative estimate of drug-likeness (QED) is 0.587. The molecule has 0 atom stereocenters. The van der Waals surface area contributed by atoms with Gasteiger partial charge in [-0.1, -0.05) is 36.7 Å². The molecule has 0 N–H and O–H groups in total. The molecule has 4 rings (SSSR count). The zero-order valence-electron chi connectivity index (χ0n) is 16.9. The number of halogens is 1. The van der Waals surface area contributed by atoms with Crippen LogP contribution in [0, 0.1) is 6.92 Å². The van der Waals surface area contributed by atoms with E-state index in [2.05, 4.69) is 42.0 Å². The number of hydrogen-bond donors (Lipinski definition) is 0. The van der Waals surface area contributed by atoms with Gasteiger partial charge in [0, 0.05) is 12.6 Å². The summed E-state index contributed by atoms with van der Waals surface area (Å²) in [5.41, 5.74) is 5.19. The van der Waals surface area contributed by atoms with Gasteiger partial charge < -0.3 is 9.64 Å². The number of aromatic nitrogens is 4. The van der Waals surface area contributed by atoms with Gasteiger partial charge in [0.1, 0.15) is 0 Å². The molecule has 7 heteroatoms. The lowest BCUT2D eigenvalue weighted by molar-refractivity contribution is 0.397. The molecular weight excluding hydrogens is 374 g/mol. The van der Waals surface area contributed by atoms with E-state index in [4.69, 9.17) is 21.3 Å². The molecule has 0 aliphatic carbocycles. The minimum absolute atomic E-state index is 0.296. The number of aryl methyl sites for hydroxylation is 2. The lowest BCUT2D eigenvalue weighted by Crippen LogP contribution is -2.26. The zero-order chi connectivity index (χ0) is 19.8. The Labute approximate surface area is 170 Å². The van der Waals surface area contributed by atoms with Crippen molar-refractivity contribution in [1.29, 1.82) is 0 Å². The Morgan fingerprint density at radius 2 is 2.00 bits per heavy atom. The van der Waals surface area contributed by atoms with E-state index in [1.807, 2.05) is 16.8 Å². The highest BCUT2D eigenvalue weighted by molar-refractivity contribution is 6.33. The first kappa shape index (κ1) is 19.0. The zero-order valence-corrected chi connectivity index (χ0v) is 17.6. The van der Waals surface area contributed by atoms with Crippen LogP contribution in [-0.4, -0.2) is 33.6 Å². The monoisotopic (exact) mass is 399 g/mol. The normalized spacial score (nSPS) is 14.0. The van der Waals surface area contributed by atoms with Crippen molar-refractivity contribution in [1.82, 2.24) is 20.0 Å². The van der Waals surface area contributed by atoms with Crippen molar-refractivity contribution in [2.45, 2.75) is 52.5 Å². The van der Waals surface area contributed by atoms with Crippen LogP contribution in [0.5, 0.6) is 5.88 Å². The number of rotatable bonds is 5. The van der Waals surface area contributed by atoms with Gasteiger partial charge in [-0.3, -0.25) is 0 Å². The van der Waals surface area contributed by atoms with Crippen LogP contribution in [0.15, 0.2) is 18.2 Å². The summed E-state index contributed by atoms with van der Waals surface area (Å²) in [5, 5.41) is 9.74. The van der Waals surface area contributed by atoms with Crippen molar-refractivity contribution in [3.8, 4) is 5.88 Å². The summed E-state index contributed by atoms with van der Waals surface area (Å²) >= 11 is 6.68. The van der Waals surface area contributed by atoms with Crippen molar-refractivity contribution in [2.24, 2.45) is 0 Å². The van der Waals surface area contributed by atoms with E-state index in [1.165, 1.54) is 11.1 Å². The fraction of sp³-hybridized carbons (Fsp3) is 0.476. The molecule has 2 aromatic heterocycles. The third kappa shape index (κ3) is 3.09. The summed E-state index contributed by atoms with van der Waals surface area (Å²) in [4.78, 5) is 6.94. The molecule has 0 spiro atoms. The van der Waals surface area contributed by atoms with Crippen molar-refractivity contribution < 1.29 is 4.74 Å².